The second-order valence-electron chi connectivity index (χ2n) is 4.67. The van der Waals surface area contributed by atoms with Crippen molar-refractivity contribution in [2.24, 2.45) is 10.2 Å². The van der Waals surface area contributed by atoms with E-state index in [1.54, 1.807) is 0 Å². The van der Waals surface area contributed by atoms with Crippen molar-refractivity contribution < 1.29 is 0 Å². The van der Waals surface area contributed by atoms with Crippen LogP contribution in [-0.4, -0.2) is 14.1 Å². The van der Waals surface area contributed by atoms with E-state index in [2.05, 4.69) is 10.2 Å². The standard InChI is InChI=1S/C15H18N4/c1-11-4-9-15(14(16)10-11)18-17-12-5-7-13(8-6-12)19(2)3/h4-10H,16H2,1-3H3. The van der Waals surface area contributed by atoms with Crippen molar-refractivity contribution in [3.63, 3.8) is 0 Å². The lowest BCUT2D eigenvalue weighted by Crippen LogP contribution is -2.07. The highest BCUT2D eigenvalue weighted by atomic mass is 15.1. The molecule has 0 aromatic heterocycles. The Morgan fingerprint density at radius 3 is 2.21 bits per heavy atom. The SMILES string of the molecule is Cc1ccc(N=Nc2ccc(N(C)C)cc2)c(N)c1. The Balaban J connectivity index is 2.18. The Morgan fingerprint density at radius 1 is 0.947 bits per heavy atom. The van der Waals surface area contributed by atoms with Crippen molar-refractivity contribution in [2.45, 2.75) is 6.92 Å². The molecule has 0 atom stereocenters. The van der Waals surface area contributed by atoms with Crippen molar-refractivity contribution in [1.82, 2.24) is 0 Å². The van der Waals surface area contributed by atoms with Crippen molar-refractivity contribution in [2.75, 3.05) is 24.7 Å². The third-order valence-electron chi connectivity index (χ3n) is 2.82. The molecule has 0 amide bonds. The van der Waals surface area contributed by atoms with Crippen LogP contribution in [0.15, 0.2) is 52.7 Å². The molecule has 0 aliphatic rings. The van der Waals surface area contributed by atoms with Crippen LogP contribution in [0.3, 0.4) is 0 Å². The van der Waals surface area contributed by atoms with Gasteiger partial charge in [-0.2, -0.15) is 5.11 Å². The van der Waals surface area contributed by atoms with Gasteiger partial charge in [0.1, 0.15) is 5.69 Å². The minimum absolute atomic E-state index is 0.647. The molecule has 2 aromatic rings. The van der Waals surface area contributed by atoms with E-state index in [4.69, 9.17) is 5.73 Å². The molecule has 4 nitrogen and oxygen atoms in total. The van der Waals surface area contributed by atoms with Crippen LogP contribution < -0.4 is 10.6 Å². The van der Waals surface area contributed by atoms with E-state index in [0.717, 1.165) is 16.9 Å². The molecule has 0 fully saturated rings. The Kier molecular flexibility index (Phi) is 3.80. The molecule has 0 spiro atoms. The van der Waals surface area contributed by atoms with Gasteiger partial charge in [-0.25, -0.2) is 0 Å². The number of hydrogen-bond donors (Lipinski definition) is 1. The number of rotatable bonds is 3. The van der Waals surface area contributed by atoms with Crippen LogP contribution in [0.1, 0.15) is 5.56 Å². The van der Waals surface area contributed by atoms with E-state index < -0.39 is 0 Å². The van der Waals surface area contributed by atoms with Crippen LogP contribution in [0.2, 0.25) is 0 Å². The molecule has 2 rings (SSSR count). The van der Waals surface area contributed by atoms with E-state index >= 15 is 0 Å². The lowest BCUT2D eigenvalue weighted by molar-refractivity contribution is 1.13. The van der Waals surface area contributed by atoms with Crippen LogP contribution in [0.25, 0.3) is 0 Å². The summed E-state index contributed by atoms with van der Waals surface area (Å²) in [5.41, 5.74) is 10.3. The highest BCUT2D eigenvalue weighted by molar-refractivity contribution is 5.63. The van der Waals surface area contributed by atoms with Crippen molar-refractivity contribution >= 4 is 22.7 Å². The zero-order chi connectivity index (χ0) is 13.8. The van der Waals surface area contributed by atoms with E-state index in [9.17, 15) is 0 Å². The fourth-order valence-electron chi connectivity index (χ4n) is 1.69. The molecular formula is C15H18N4. The van der Waals surface area contributed by atoms with Gasteiger partial charge in [0.15, 0.2) is 0 Å². The summed E-state index contributed by atoms with van der Waals surface area (Å²) in [6.07, 6.45) is 0. The van der Waals surface area contributed by atoms with E-state index in [1.807, 2.05) is 68.4 Å². The Labute approximate surface area is 113 Å². The molecule has 2 N–H and O–H groups in total. The predicted octanol–water partition coefficient (Wildman–Crippen LogP) is 4.06. The number of anilines is 2. The molecule has 0 heterocycles. The summed E-state index contributed by atoms with van der Waals surface area (Å²) >= 11 is 0. The van der Waals surface area contributed by atoms with Gasteiger partial charge in [-0.3, -0.25) is 0 Å². The van der Waals surface area contributed by atoms with Gasteiger partial charge in [0.25, 0.3) is 0 Å². The Hall–Kier alpha value is -2.36. The molecule has 0 aliphatic carbocycles. The summed E-state index contributed by atoms with van der Waals surface area (Å²) < 4.78 is 0. The van der Waals surface area contributed by atoms with Gasteiger partial charge in [0.2, 0.25) is 0 Å². The first-order chi connectivity index (χ1) is 9.06. The first kappa shape index (κ1) is 13.1. The summed E-state index contributed by atoms with van der Waals surface area (Å²) in [7, 11) is 4.01. The molecule has 4 heteroatoms. The predicted molar refractivity (Wildman–Crippen MR) is 80.5 cm³/mol. The van der Waals surface area contributed by atoms with E-state index in [-0.39, 0.29) is 0 Å². The van der Waals surface area contributed by atoms with Crippen LogP contribution in [0.5, 0.6) is 0 Å². The molecule has 0 saturated carbocycles. The fourth-order valence-corrected chi connectivity index (χ4v) is 1.69. The Morgan fingerprint density at radius 2 is 1.63 bits per heavy atom. The van der Waals surface area contributed by atoms with Gasteiger partial charge < -0.3 is 10.6 Å². The lowest BCUT2D eigenvalue weighted by Gasteiger charge is -2.11. The number of aryl methyl sites for hydroxylation is 1. The second-order valence-corrected chi connectivity index (χ2v) is 4.67. The molecule has 0 aliphatic heterocycles. The first-order valence-corrected chi connectivity index (χ1v) is 6.11. The molecule has 0 bridgehead atoms. The van der Waals surface area contributed by atoms with Crippen molar-refractivity contribution in [1.29, 1.82) is 0 Å². The van der Waals surface area contributed by atoms with E-state index in [0.29, 0.717) is 11.4 Å². The highest BCUT2D eigenvalue weighted by Gasteiger charge is 1.98. The molecule has 98 valence electrons. The van der Waals surface area contributed by atoms with Gasteiger partial charge in [0, 0.05) is 19.8 Å². The largest absolute Gasteiger partial charge is 0.397 e. The zero-order valence-electron chi connectivity index (χ0n) is 11.5. The first-order valence-electron chi connectivity index (χ1n) is 6.11. The van der Waals surface area contributed by atoms with Gasteiger partial charge in [-0.1, -0.05) is 6.07 Å². The van der Waals surface area contributed by atoms with Crippen LogP contribution in [0.4, 0.5) is 22.7 Å². The zero-order valence-corrected chi connectivity index (χ0v) is 11.5. The smallest absolute Gasteiger partial charge is 0.109 e. The number of nitrogens with two attached hydrogens (primary N) is 1. The number of hydrogen-bond acceptors (Lipinski definition) is 4. The topological polar surface area (TPSA) is 54.0 Å². The quantitative estimate of drug-likeness (QED) is 0.663. The summed E-state index contributed by atoms with van der Waals surface area (Å²) in [5, 5.41) is 8.37. The average molecular weight is 254 g/mol. The van der Waals surface area contributed by atoms with Crippen molar-refractivity contribution in [3.8, 4) is 0 Å². The summed E-state index contributed by atoms with van der Waals surface area (Å²) in [5.74, 6) is 0. The molecular weight excluding hydrogens is 236 g/mol. The number of azo groups is 1. The average Bonchev–Trinajstić information content (AvgIpc) is 2.38. The van der Waals surface area contributed by atoms with Crippen LogP contribution in [0, 0.1) is 6.92 Å². The fraction of sp³-hybridized carbons (Fsp3) is 0.200. The monoisotopic (exact) mass is 254 g/mol. The van der Waals surface area contributed by atoms with Crippen molar-refractivity contribution in [3.05, 3.63) is 48.0 Å². The van der Waals surface area contributed by atoms with Gasteiger partial charge in [0.05, 0.1) is 11.4 Å². The summed E-state index contributed by atoms with van der Waals surface area (Å²) in [4.78, 5) is 2.04. The molecule has 2 aromatic carbocycles. The lowest BCUT2D eigenvalue weighted by atomic mass is 10.2. The van der Waals surface area contributed by atoms with Gasteiger partial charge in [-0.05, 0) is 48.9 Å². The van der Waals surface area contributed by atoms with Crippen LogP contribution in [-0.2, 0) is 0 Å². The second kappa shape index (κ2) is 5.52. The highest BCUT2D eigenvalue weighted by Crippen LogP contribution is 2.26. The van der Waals surface area contributed by atoms with Gasteiger partial charge >= 0.3 is 0 Å². The number of nitrogen functional groups attached to an aromatic ring is 1. The molecule has 0 saturated heterocycles. The third-order valence-corrected chi connectivity index (χ3v) is 2.82. The Bertz CT molecular complexity index is 586. The molecule has 19 heavy (non-hydrogen) atoms. The third kappa shape index (κ3) is 3.31. The number of nitrogens with zero attached hydrogens (tertiary/aromatic N) is 3. The molecule has 0 unspecified atom stereocenters. The van der Waals surface area contributed by atoms with Gasteiger partial charge in [-0.15, -0.1) is 5.11 Å². The maximum absolute atomic E-state index is 5.89. The minimum Gasteiger partial charge on any atom is -0.397 e. The minimum atomic E-state index is 0.647. The van der Waals surface area contributed by atoms with E-state index in [1.165, 1.54) is 0 Å². The molecule has 0 radical (unpaired) electrons. The summed E-state index contributed by atoms with van der Waals surface area (Å²) in [6.45, 7) is 2.00. The number of benzene rings is 2. The normalized spacial score (nSPS) is 10.9. The maximum Gasteiger partial charge on any atom is 0.109 e. The maximum atomic E-state index is 5.89. The summed E-state index contributed by atoms with van der Waals surface area (Å²) in [6, 6.07) is 13.6. The van der Waals surface area contributed by atoms with Crippen LogP contribution >= 0.6 is 0 Å².